The quantitative estimate of drug-likeness (QED) is 0.883. The zero-order valence-corrected chi connectivity index (χ0v) is 12.4. The predicted molar refractivity (Wildman–Crippen MR) is 77.2 cm³/mol. The molecule has 0 fully saturated rings. The normalized spacial score (nSPS) is 12.6. The first-order valence-corrected chi connectivity index (χ1v) is 7.05. The Bertz CT molecular complexity index is 513. The maximum Gasteiger partial charge on any atom is 0.128 e. The SMILES string of the molecule is CC(CNCc1ccc(Br)cc1F)Cn1ccnc1. The Balaban J connectivity index is 1.76. The molecule has 5 heteroatoms. The molecule has 0 saturated carbocycles. The second-order valence-electron chi connectivity index (χ2n) is 4.73. The van der Waals surface area contributed by atoms with Crippen molar-refractivity contribution in [2.24, 2.45) is 5.92 Å². The summed E-state index contributed by atoms with van der Waals surface area (Å²) in [5.74, 6) is 0.289. The van der Waals surface area contributed by atoms with Gasteiger partial charge in [0.05, 0.1) is 6.33 Å². The van der Waals surface area contributed by atoms with Crippen LogP contribution in [0, 0.1) is 11.7 Å². The maximum atomic E-state index is 13.6. The summed E-state index contributed by atoms with van der Waals surface area (Å²) in [5.41, 5.74) is 0.693. The molecule has 1 unspecified atom stereocenters. The van der Waals surface area contributed by atoms with E-state index in [4.69, 9.17) is 0 Å². The fraction of sp³-hybridized carbons (Fsp3) is 0.357. The Morgan fingerprint density at radius 2 is 2.32 bits per heavy atom. The molecule has 0 aliphatic rings. The molecule has 0 aliphatic heterocycles. The first kappa shape index (κ1) is 14.2. The van der Waals surface area contributed by atoms with E-state index in [-0.39, 0.29) is 5.82 Å². The van der Waals surface area contributed by atoms with Gasteiger partial charge in [-0.1, -0.05) is 28.9 Å². The van der Waals surface area contributed by atoms with E-state index in [0.717, 1.165) is 17.6 Å². The Hall–Kier alpha value is -1.20. The first-order valence-electron chi connectivity index (χ1n) is 6.25. The summed E-state index contributed by atoms with van der Waals surface area (Å²) in [6.07, 6.45) is 5.53. The maximum absolute atomic E-state index is 13.6. The lowest BCUT2D eigenvalue weighted by atomic mass is 10.1. The number of halogens is 2. The van der Waals surface area contributed by atoms with Gasteiger partial charge in [-0.05, 0) is 24.6 Å². The number of imidazole rings is 1. The molecular formula is C14H17BrFN3. The summed E-state index contributed by atoms with van der Waals surface area (Å²) in [7, 11) is 0. The predicted octanol–water partition coefficient (Wildman–Crippen LogP) is 3.21. The fourth-order valence-electron chi connectivity index (χ4n) is 1.94. The Morgan fingerprint density at radius 1 is 1.47 bits per heavy atom. The minimum Gasteiger partial charge on any atom is -0.337 e. The van der Waals surface area contributed by atoms with Crippen LogP contribution in [0.2, 0.25) is 0 Å². The number of nitrogens with one attached hydrogen (secondary N) is 1. The van der Waals surface area contributed by atoms with E-state index < -0.39 is 0 Å². The molecule has 0 amide bonds. The lowest BCUT2D eigenvalue weighted by molar-refractivity contribution is 0.442. The molecule has 1 N–H and O–H groups in total. The molecule has 1 aromatic carbocycles. The van der Waals surface area contributed by atoms with Gasteiger partial charge in [0.1, 0.15) is 5.82 Å². The van der Waals surface area contributed by atoms with Crippen molar-refractivity contribution in [1.82, 2.24) is 14.9 Å². The van der Waals surface area contributed by atoms with Crippen LogP contribution in [0.5, 0.6) is 0 Å². The zero-order chi connectivity index (χ0) is 13.7. The van der Waals surface area contributed by atoms with E-state index in [1.807, 2.05) is 23.2 Å². The van der Waals surface area contributed by atoms with Crippen molar-refractivity contribution in [3.63, 3.8) is 0 Å². The largest absolute Gasteiger partial charge is 0.337 e. The van der Waals surface area contributed by atoms with Crippen molar-refractivity contribution < 1.29 is 4.39 Å². The van der Waals surface area contributed by atoms with Gasteiger partial charge in [-0.2, -0.15) is 0 Å². The van der Waals surface area contributed by atoms with Crippen LogP contribution in [-0.2, 0) is 13.1 Å². The van der Waals surface area contributed by atoms with Gasteiger partial charge in [0.25, 0.3) is 0 Å². The molecule has 0 bridgehead atoms. The zero-order valence-electron chi connectivity index (χ0n) is 10.8. The van der Waals surface area contributed by atoms with Gasteiger partial charge < -0.3 is 9.88 Å². The van der Waals surface area contributed by atoms with Gasteiger partial charge in [-0.3, -0.25) is 0 Å². The smallest absolute Gasteiger partial charge is 0.128 e. The van der Waals surface area contributed by atoms with E-state index in [9.17, 15) is 4.39 Å². The van der Waals surface area contributed by atoms with Gasteiger partial charge in [0.15, 0.2) is 0 Å². The highest BCUT2D eigenvalue weighted by atomic mass is 79.9. The highest BCUT2D eigenvalue weighted by Crippen LogP contribution is 2.15. The summed E-state index contributed by atoms with van der Waals surface area (Å²) in [4.78, 5) is 4.01. The van der Waals surface area contributed by atoms with Gasteiger partial charge in [-0.25, -0.2) is 9.37 Å². The van der Waals surface area contributed by atoms with Crippen LogP contribution in [0.15, 0.2) is 41.4 Å². The van der Waals surface area contributed by atoms with Crippen LogP contribution in [0.25, 0.3) is 0 Å². The summed E-state index contributed by atoms with van der Waals surface area (Å²) >= 11 is 3.25. The van der Waals surface area contributed by atoms with E-state index >= 15 is 0 Å². The monoisotopic (exact) mass is 325 g/mol. The van der Waals surface area contributed by atoms with Crippen molar-refractivity contribution in [1.29, 1.82) is 0 Å². The number of hydrogen-bond donors (Lipinski definition) is 1. The van der Waals surface area contributed by atoms with Gasteiger partial charge >= 0.3 is 0 Å². The molecule has 1 heterocycles. The standard InChI is InChI=1S/C14H17BrFN3/c1-11(9-19-5-4-17-10-19)7-18-8-12-2-3-13(15)6-14(12)16/h2-6,10-11,18H,7-9H2,1H3. The number of benzene rings is 1. The minimum atomic E-state index is -0.177. The summed E-state index contributed by atoms with van der Waals surface area (Å²) in [6.45, 7) is 4.46. The molecule has 19 heavy (non-hydrogen) atoms. The van der Waals surface area contributed by atoms with Crippen molar-refractivity contribution >= 4 is 15.9 Å². The average Bonchev–Trinajstić information content (AvgIpc) is 2.84. The molecule has 2 aromatic rings. The van der Waals surface area contributed by atoms with E-state index in [1.165, 1.54) is 6.07 Å². The van der Waals surface area contributed by atoms with Crippen molar-refractivity contribution in [3.05, 3.63) is 52.8 Å². The Morgan fingerprint density at radius 3 is 3.00 bits per heavy atom. The molecule has 0 spiro atoms. The van der Waals surface area contributed by atoms with Crippen molar-refractivity contribution in [2.45, 2.75) is 20.0 Å². The number of nitrogens with zero attached hydrogens (tertiary/aromatic N) is 2. The summed E-state index contributed by atoms with van der Waals surface area (Å²) < 4.78 is 16.4. The lowest BCUT2D eigenvalue weighted by Gasteiger charge is -2.13. The molecular weight excluding hydrogens is 309 g/mol. The second kappa shape index (κ2) is 6.82. The summed E-state index contributed by atoms with van der Waals surface area (Å²) in [5, 5.41) is 3.29. The van der Waals surface area contributed by atoms with E-state index in [1.54, 1.807) is 12.3 Å². The van der Waals surface area contributed by atoms with Crippen LogP contribution in [-0.4, -0.2) is 16.1 Å². The van der Waals surface area contributed by atoms with Crippen LogP contribution in [0.1, 0.15) is 12.5 Å². The number of aromatic nitrogens is 2. The third-order valence-electron chi connectivity index (χ3n) is 2.91. The third-order valence-corrected chi connectivity index (χ3v) is 3.40. The highest BCUT2D eigenvalue weighted by Gasteiger charge is 2.05. The molecule has 1 atom stereocenters. The van der Waals surface area contributed by atoms with E-state index in [0.29, 0.717) is 18.0 Å². The molecule has 0 aliphatic carbocycles. The van der Waals surface area contributed by atoms with E-state index in [2.05, 4.69) is 33.2 Å². The van der Waals surface area contributed by atoms with Crippen LogP contribution in [0.3, 0.4) is 0 Å². The Kier molecular flexibility index (Phi) is 5.10. The topological polar surface area (TPSA) is 29.9 Å². The van der Waals surface area contributed by atoms with Crippen LogP contribution >= 0.6 is 15.9 Å². The van der Waals surface area contributed by atoms with Gasteiger partial charge in [0.2, 0.25) is 0 Å². The first-order chi connectivity index (χ1) is 9.15. The van der Waals surface area contributed by atoms with Crippen LogP contribution < -0.4 is 5.32 Å². The van der Waals surface area contributed by atoms with Gasteiger partial charge in [-0.15, -0.1) is 0 Å². The second-order valence-corrected chi connectivity index (χ2v) is 5.65. The minimum absolute atomic E-state index is 0.177. The average molecular weight is 326 g/mol. The molecule has 1 aromatic heterocycles. The molecule has 0 radical (unpaired) electrons. The van der Waals surface area contributed by atoms with Gasteiger partial charge in [0, 0.05) is 35.5 Å². The highest BCUT2D eigenvalue weighted by molar-refractivity contribution is 9.10. The van der Waals surface area contributed by atoms with Crippen molar-refractivity contribution in [2.75, 3.05) is 6.54 Å². The summed E-state index contributed by atoms with van der Waals surface area (Å²) in [6, 6.07) is 5.15. The molecule has 3 nitrogen and oxygen atoms in total. The third kappa shape index (κ3) is 4.44. The number of rotatable bonds is 6. The molecule has 102 valence electrons. The Labute approximate surface area is 121 Å². The fourth-order valence-corrected chi connectivity index (χ4v) is 2.27. The molecule has 0 saturated heterocycles. The number of hydrogen-bond acceptors (Lipinski definition) is 2. The van der Waals surface area contributed by atoms with Crippen LogP contribution in [0.4, 0.5) is 4.39 Å². The molecule has 2 rings (SSSR count). The van der Waals surface area contributed by atoms with Crippen molar-refractivity contribution in [3.8, 4) is 0 Å². The lowest BCUT2D eigenvalue weighted by Crippen LogP contribution is -2.24.